The van der Waals surface area contributed by atoms with Gasteiger partial charge < -0.3 is 4.57 Å². The topological polar surface area (TPSA) is 4.93 Å². The summed E-state index contributed by atoms with van der Waals surface area (Å²) in [4.78, 5) is 0. The van der Waals surface area contributed by atoms with Crippen molar-refractivity contribution in [3.8, 4) is 16.8 Å². The predicted molar refractivity (Wildman–Crippen MR) is 205 cm³/mol. The molecular weight excluding hydrogens is 615 g/mol. The van der Waals surface area contributed by atoms with Crippen molar-refractivity contribution in [1.82, 2.24) is 4.57 Å². The second-order valence-corrected chi connectivity index (χ2v) is 15.3. The average Bonchev–Trinajstić information content (AvgIpc) is 3.86. The Morgan fingerprint density at radius 3 is 1.87 bits per heavy atom. The molecule has 4 aromatic heterocycles. The van der Waals surface area contributed by atoms with Crippen molar-refractivity contribution in [2.45, 2.75) is 0 Å². The highest BCUT2D eigenvalue weighted by Crippen LogP contribution is 2.46. The molecule has 214 valence electrons. The van der Waals surface area contributed by atoms with Crippen LogP contribution in [0.2, 0.25) is 0 Å². The minimum atomic E-state index is 1.25. The largest absolute Gasteiger partial charge is 0.307 e. The number of nitrogens with zero attached hydrogens (tertiary/aromatic N) is 1. The summed E-state index contributed by atoms with van der Waals surface area (Å²) in [6.45, 7) is 0. The van der Waals surface area contributed by atoms with E-state index in [0.717, 1.165) is 0 Å². The molecule has 46 heavy (non-hydrogen) atoms. The van der Waals surface area contributed by atoms with E-state index < -0.39 is 0 Å². The Morgan fingerprint density at radius 2 is 0.978 bits per heavy atom. The van der Waals surface area contributed by atoms with Crippen molar-refractivity contribution in [2.24, 2.45) is 0 Å². The fourth-order valence-corrected chi connectivity index (χ4v) is 11.1. The summed E-state index contributed by atoms with van der Waals surface area (Å²) in [5, 5.41) is 10.6. The van der Waals surface area contributed by atoms with Gasteiger partial charge in [-0.2, -0.15) is 0 Å². The molecule has 0 aliphatic carbocycles. The maximum Gasteiger partial charge on any atom is 0.0720 e. The summed E-state index contributed by atoms with van der Waals surface area (Å²) in [6, 6.07) is 52.0. The number of hydrogen-bond acceptors (Lipinski definition) is 3. The molecule has 0 atom stereocenters. The lowest BCUT2D eigenvalue weighted by atomic mass is 10.0. The van der Waals surface area contributed by atoms with Crippen LogP contribution in [0.4, 0.5) is 0 Å². The second-order valence-electron chi connectivity index (χ2n) is 12.1. The van der Waals surface area contributed by atoms with E-state index in [-0.39, 0.29) is 0 Å². The van der Waals surface area contributed by atoms with Gasteiger partial charge in [0.15, 0.2) is 0 Å². The van der Waals surface area contributed by atoms with E-state index >= 15 is 0 Å². The summed E-state index contributed by atoms with van der Waals surface area (Å²) in [5.41, 5.74) is 6.33. The highest BCUT2D eigenvalue weighted by atomic mass is 32.1. The van der Waals surface area contributed by atoms with Gasteiger partial charge in [0.2, 0.25) is 0 Å². The van der Waals surface area contributed by atoms with Crippen LogP contribution < -0.4 is 0 Å². The van der Waals surface area contributed by atoms with Gasteiger partial charge in [-0.1, -0.05) is 91.0 Å². The molecule has 0 aliphatic rings. The number of rotatable bonds is 2. The first-order valence-electron chi connectivity index (χ1n) is 15.5. The monoisotopic (exact) mass is 637 g/mol. The number of benzene rings is 7. The normalized spacial score (nSPS) is 12.3. The molecule has 0 spiro atoms. The zero-order valence-electron chi connectivity index (χ0n) is 24.5. The third kappa shape index (κ3) is 3.38. The van der Waals surface area contributed by atoms with Gasteiger partial charge >= 0.3 is 0 Å². The molecule has 0 amide bonds. The van der Waals surface area contributed by atoms with Gasteiger partial charge in [-0.05, 0) is 59.7 Å². The van der Waals surface area contributed by atoms with Crippen LogP contribution in [0.3, 0.4) is 0 Å². The third-order valence-corrected chi connectivity index (χ3v) is 13.1. The van der Waals surface area contributed by atoms with Crippen LogP contribution in [0.1, 0.15) is 0 Å². The molecule has 0 saturated heterocycles. The molecule has 7 aromatic carbocycles. The highest BCUT2D eigenvalue weighted by Gasteiger charge is 2.20. The molecule has 4 heteroatoms. The summed E-state index contributed by atoms with van der Waals surface area (Å²) in [6.07, 6.45) is 0. The molecule has 4 heterocycles. The van der Waals surface area contributed by atoms with Crippen LogP contribution in [0, 0.1) is 0 Å². The smallest absolute Gasteiger partial charge is 0.0720 e. The lowest BCUT2D eigenvalue weighted by Gasteiger charge is -2.11. The van der Waals surface area contributed by atoms with Gasteiger partial charge in [-0.25, -0.2) is 0 Å². The number of hydrogen-bond donors (Lipinski definition) is 0. The molecule has 0 bridgehead atoms. The highest BCUT2D eigenvalue weighted by molar-refractivity contribution is 7.27. The van der Waals surface area contributed by atoms with Crippen molar-refractivity contribution in [2.75, 3.05) is 0 Å². The lowest BCUT2D eigenvalue weighted by Crippen LogP contribution is -1.94. The Morgan fingerprint density at radius 1 is 0.370 bits per heavy atom. The molecule has 11 aromatic rings. The van der Waals surface area contributed by atoms with Gasteiger partial charge in [0.25, 0.3) is 0 Å². The molecule has 0 fully saturated rings. The van der Waals surface area contributed by atoms with Gasteiger partial charge in [0.05, 0.1) is 21.4 Å². The van der Waals surface area contributed by atoms with E-state index in [1.165, 1.54) is 99.1 Å². The van der Waals surface area contributed by atoms with Gasteiger partial charge in [0.1, 0.15) is 0 Å². The van der Waals surface area contributed by atoms with Crippen LogP contribution in [0.5, 0.6) is 0 Å². The van der Waals surface area contributed by atoms with Crippen LogP contribution in [0.25, 0.3) is 99.1 Å². The first-order chi connectivity index (χ1) is 22.8. The van der Waals surface area contributed by atoms with Gasteiger partial charge in [0, 0.05) is 66.6 Å². The van der Waals surface area contributed by atoms with Crippen LogP contribution in [-0.2, 0) is 0 Å². The molecule has 0 saturated carbocycles. The molecule has 0 unspecified atom stereocenters. The van der Waals surface area contributed by atoms with E-state index in [1.807, 2.05) is 34.0 Å². The van der Waals surface area contributed by atoms with Gasteiger partial charge in [-0.15, -0.1) is 34.0 Å². The minimum Gasteiger partial charge on any atom is -0.307 e. The van der Waals surface area contributed by atoms with E-state index in [0.29, 0.717) is 0 Å². The average molecular weight is 638 g/mol. The van der Waals surface area contributed by atoms with E-state index in [1.54, 1.807) is 0 Å². The molecule has 0 aliphatic heterocycles. The molecule has 11 rings (SSSR count). The molecule has 0 radical (unpaired) electrons. The second kappa shape index (κ2) is 9.27. The van der Waals surface area contributed by atoms with Crippen LogP contribution in [-0.4, -0.2) is 4.57 Å². The molecule has 0 N–H and O–H groups in total. The fourth-order valence-electron chi connectivity index (χ4n) is 7.56. The third-order valence-electron chi connectivity index (χ3n) is 9.61. The summed E-state index contributed by atoms with van der Waals surface area (Å²) >= 11 is 5.69. The van der Waals surface area contributed by atoms with E-state index in [2.05, 4.69) is 144 Å². The van der Waals surface area contributed by atoms with Crippen molar-refractivity contribution >= 4 is 116 Å². The zero-order valence-corrected chi connectivity index (χ0v) is 26.9. The summed E-state index contributed by atoms with van der Waals surface area (Å²) < 4.78 is 10.6. The SMILES string of the molecule is c1ccc2c(c1)sc1cc(-c3ccc4sc5cccc(-n6c7ccccc7c7ccc8c9ccccc9sc8c76)c5c4c3)ccc12. The van der Waals surface area contributed by atoms with Crippen LogP contribution >= 0.6 is 34.0 Å². The van der Waals surface area contributed by atoms with Crippen molar-refractivity contribution < 1.29 is 0 Å². The van der Waals surface area contributed by atoms with E-state index in [4.69, 9.17) is 0 Å². The summed E-state index contributed by atoms with van der Waals surface area (Å²) in [5.74, 6) is 0. The minimum absolute atomic E-state index is 1.25. The van der Waals surface area contributed by atoms with E-state index in [9.17, 15) is 0 Å². The zero-order chi connectivity index (χ0) is 29.9. The number of thiophene rings is 3. The Kier molecular flexibility index (Phi) is 5.08. The maximum atomic E-state index is 2.55. The first kappa shape index (κ1) is 25.2. The lowest BCUT2D eigenvalue weighted by molar-refractivity contribution is 1.21. The standard InChI is InChI=1S/C42H23NS3/c1-4-11-33-26(8-1)30-19-20-31-28-10-3-6-14-36(28)46-42(31)41(30)43(33)34-12-7-15-38-40(34)32-22-24(17-21-37(32)44-38)25-16-18-29-27-9-2-5-13-35(27)45-39(29)23-25/h1-23H. The van der Waals surface area contributed by atoms with Gasteiger partial charge in [-0.3, -0.25) is 0 Å². The fraction of sp³-hybridized carbons (Fsp3) is 0. The predicted octanol–water partition coefficient (Wildman–Crippen LogP) is 13.6. The Hall–Kier alpha value is -5.00. The molecular formula is C42H23NS3. The van der Waals surface area contributed by atoms with Crippen molar-refractivity contribution in [3.05, 3.63) is 140 Å². The first-order valence-corrected chi connectivity index (χ1v) is 18.0. The Balaban J connectivity index is 1.21. The Labute approximate surface area is 275 Å². The van der Waals surface area contributed by atoms with Crippen molar-refractivity contribution in [1.29, 1.82) is 0 Å². The number of para-hydroxylation sites is 1. The molecule has 1 nitrogen and oxygen atoms in total. The quantitative estimate of drug-likeness (QED) is 0.178. The number of fused-ring (bicyclic) bond motifs is 13. The summed E-state index contributed by atoms with van der Waals surface area (Å²) in [7, 11) is 0. The number of aromatic nitrogens is 1. The maximum absolute atomic E-state index is 2.55. The Bertz CT molecular complexity index is 3040. The van der Waals surface area contributed by atoms with Crippen LogP contribution in [0.15, 0.2) is 140 Å². The van der Waals surface area contributed by atoms with Crippen molar-refractivity contribution in [3.63, 3.8) is 0 Å².